The monoisotopic (exact) mass is 402 g/mol. The van der Waals surface area contributed by atoms with Gasteiger partial charge in [-0.3, -0.25) is 14.9 Å². The Balaban J connectivity index is 2.23. The van der Waals surface area contributed by atoms with Crippen LogP contribution in [0.4, 0.5) is 5.69 Å². The van der Waals surface area contributed by atoms with Gasteiger partial charge in [0.2, 0.25) is 0 Å². The van der Waals surface area contributed by atoms with Gasteiger partial charge in [-0.2, -0.15) is 15.0 Å². The molecule has 1 aromatic heterocycles. The fourth-order valence-electron chi connectivity index (χ4n) is 2.80. The minimum absolute atomic E-state index is 0.186. The fourth-order valence-corrected chi connectivity index (χ4v) is 2.80. The summed E-state index contributed by atoms with van der Waals surface area (Å²) in [7, 11) is 0. The largest absolute Gasteiger partial charge is 0.476 e. The van der Waals surface area contributed by atoms with Crippen LogP contribution in [-0.2, 0) is 0 Å². The average Bonchev–Trinajstić information content (AvgIpc) is 2.73. The number of nitriles is 1. The molecule has 0 atom stereocenters. The van der Waals surface area contributed by atoms with Gasteiger partial charge in [0.1, 0.15) is 11.6 Å². The summed E-state index contributed by atoms with van der Waals surface area (Å²) >= 11 is 0. The van der Waals surface area contributed by atoms with Gasteiger partial charge in [-0.1, -0.05) is 35.9 Å². The van der Waals surface area contributed by atoms with Crippen molar-refractivity contribution in [2.75, 3.05) is 0 Å². The first-order chi connectivity index (χ1) is 14.3. The van der Waals surface area contributed by atoms with E-state index in [4.69, 9.17) is 0 Å². The molecule has 148 valence electrons. The molecular weight excluding hydrogens is 388 g/mol. The van der Waals surface area contributed by atoms with E-state index < -0.39 is 27.7 Å². The van der Waals surface area contributed by atoms with E-state index in [9.17, 15) is 30.1 Å². The third kappa shape index (κ3) is 3.83. The highest BCUT2D eigenvalue weighted by atomic mass is 16.6. The van der Waals surface area contributed by atoms with Crippen LogP contribution in [0.2, 0.25) is 0 Å². The first-order valence-corrected chi connectivity index (χ1v) is 8.62. The predicted octanol–water partition coefficient (Wildman–Crippen LogP) is 3.19. The molecule has 3 aromatic rings. The molecule has 0 unspecified atom stereocenters. The van der Waals surface area contributed by atoms with E-state index in [-0.39, 0.29) is 16.8 Å². The summed E-state index contributed by atoms with van der Waals surface area (Å²) in [6.07, 6.45) is 2.45. The van der Waals surface area contributed by atoms with Gasteiger partial charge in [0, 0.05) is 11.6 Å². The van der Waals surface area contributed by atoms with Crippen LogP contribution in [0, 0.1) is 28.4 Å². The van der Waals surface area contributed by atoms with Crippen molar-refractivity contribution in [3.63, 3.8) is 0 Å². The Labute approximate surface area is 169 Å². The van der Waals surface area contributed by atoms with Crippen molar-refractivity contribution in [1.29, 1.82) is 5.26 Å². The first kappa shape index (κ1) is 20.2. The number of rotatable bonds is 5. The van der Waals surface area contributed by atoms with E-state index in [1.54, 1.807) is 36.4 Å². The molecule has 3 rings (SSSR count). The van der Waals surface area contributed by atoms with Crippen LogP contribution in [0.5, 0.6) is 0 Å². The molecule has 0 radical (unpaired) electrons. The molecular formula is C21H14N4O5. The van der Waals surface area contributed by atoms with Crippen molar-refractivity contribution < 1.29 is 14.8 Å². The highest BCUT2D eigenvalue weighted by Crippen LogP contribution is 2.22. The normalized spacial score (nSPS) is 10.7. The standard InChI is InChI=1S/C21H14N4O5/c1-13-6-9-15(10-7-13)24-20(26)17(12-22)16(19(23-24)21(27)28)11-8-14-4-2-3-5-18(14)25(29)30/h2-11H,1H3,(H,27,28)/b11-8+. The molecule has 9 heteroatoms. The van der Waals surface area contributed by atoms with Crippen LogP contribution in [0.15, 0.2) is 53.3 Å². The van der Waals surface area contributed by atoms with Crippen LogP contribution in [0.3, 0.4) is 0 Å². The molecule has 0 aliphatic rings. The Kier molecular flexibility index (Phi) is 5.51. The number of carboxylic acid groups (broad SMARTS) is 1. The molecule has 0 bridgehead atoms. The van der Waals surface area contributed by atoms with Crippen LogP contribution in [0.1, 0.15) is 32.7 Å². The summed E-state index contributed by atoms with van der Waals surface area (Å²) < 4.78 is 0.851. The van der Waals surface area contributed by atoms with Crippen LogP contribution in [-0.4, -0.2) is 25.8 Å². The molecule has 2 aromatic carbocycles. The number of nitrogens with zero attached hydrogens (tertiary/aromatic N) is 4. The molecule has 0 aliphatic heterocycles. The fraction of sp³-hybridized carbons (Fsp3) is 0.0476. The lowest BCUT2D eigenvalue weighted by Gasteiger charge is -2.10. The summed E-state index contributed by atoms with van der Waals surface area (Å²) in [6, 6.07) is 14.1. The summed E-state index contributed by atoms with van der Waals surface area (Å²) in [5.41, 5.74) is -0.770. The van der Waals surface area contributed by atoms with Gasteiger partial charge in [-0.25, -0.2) is 4.79 Å². The van der Waals surface area contributed by atoms with Gasteiger partial charge >= 0.3 is 5.97 Å². The Bertz CT molecular complexity index is 1280. The van der Waals surface area contributed by atoms with E-state index >= 15 is 0 Å². The number of hydrogen-bond donors (Lipinski definition) is 1. The van der Waals surface area contributed by atoms with E-state index in [1.165, 1.54) is 30.4 Å². The number of para-hydroxylation sites is 1. The maximum atomic E-state index is 12.8. The summed E-state index contributed by atoms with van der Waals surface area (Å²) in [4.78, 5) is 35.2. The molecule has 0 aliphatic carbocycles. The lowest BCUT2D eigenvalue weighted by atomic mass is 10.1. The van der Waals surface area contributed by atoms with E-state index in [2.05, 4.69) is 5.10 Å². The van der Waals surface area contributed by atoms with Gasteiger partial charge in [0.05, 0.1) is 16.2 Å². The second-order valence-electron chi connectivity index (χ2n) is 6.26. The molecule has 9 nitrogen and oxygen atoms in total. The van der Waals surface area contributed by atoms with Crippen molar-refractivity contribution >= 4 is 23.8 Å². The van der Waals surface area contributed by atoms with Gasteiger partial charge < -0.3 is 5.11 Å². The van der Waals surface area contributed by atoms with E-state index in [0.717, 1.165) is 10.2 Å². The second-order valence-corrected chi connectivity index (χ2v) is 6.26. The number of carbonyl (C=O) groups is 1. The van der Waals surface area contributed by atoms with Crippen molar-refractivity contribution in [3.8, 4) is 11.8 Å². The zero-order valence-corrected chi connectivity index (χ0v) is 15.6. The third-order valence-electron chi connectivity index (χ3n) is 4.29. The first-order valence-electron chi connectivity index (χ1n) is 8.62. The molecule has 0 spiro atoms. The number of aryl methyl sites for hydroxylation is 1. The number of carboxylic acids is 1. The highest BCUT2D eigenvalue weighted by Gasteiger charge is 2.21. The third-order valence-corrected chi connectivity index (χ3v) is 4.29. The minimum atomic E-state index is -1.45. The topological polar surface area (TPSA) is 139 Å². The van der Waals surface area contributed by atoms with Gasteiger partial charge in [0.15, 0.2) is 5.69 Å². The number of nitro groups is 1. The molecule has 1 heterocycles. The van der Waals surface area contributed by atoms with Crippen LogP contribution in [0.25, 0.3) is 17.8 Å². The Morgan fingerprint density at radius 1 is 1.20 bits per heavy atom. The highest BCUT2D eigenvalue weighted by molar-refractivity contribution is 5.93. The zero-order chi connectivity index (χ0) is 21.8. The number of aromatic nitrogens is 2. The molecule has 0 amide bonds. The second kappa shape index (κ2) is 8.20. The number of aromatic carboxylic acids is 1. The Morgan fingerprint density at radius 3 is 2.47 bits per heavy atom. The van der Waals surface area contributed by atoms with Crippen molar-refractivity contribution in [1.82, 2.24) is 9.78 Å². The SMILES string of the molecule is Cc1ccc(-n2nc(C(=O)O)c(/C=C/c3ccccc3[N+](=O)[O-])c(C#N)c2=O)cc1. The molecule has 0 saturated heterocycles. The maximum absolute atomic E-state index is 12.8. The summed E-state index contributed by atoms with van der Waals surface area (Å²) in [5.74, 6) is -1.45. The quantitative estimate of drug-likeness (QED) is 0.510. The van der Waals surface area contributed by atoms with Crippen molar-refractivity contribution in [3.05, 3.63) is 96.9 Å². The predicted molar refractivity (Wildman–Crippen MR) is 108 cm³/mol. The van der Waals surface area contributed by atoms with Crippen LogP contribution >= 0.6 is 0 Å². The average molecular weight is 402 g/mol. The number of nitro benzene ring substituents is 1. The van der Waals surface area contributed by atoms with E-state index in [0.29, 0.717) is 5.69 Å². The molecule has 0 saturated carbocycles. The lowest BCUT2D eigenvalue weighted by molar-refractivity contribution is -0.385. The minimum Gasteiger partial charge on any atom is -0.476 e. The van der Waals surface area contributed by atoms with Gasteiger partial charge in [0.25, 0.3) is 11.2 Å². The van der Waals surface area contributed by atoms with Gasteiger partial charge in [-0.05, 0) is 31.2 Å². The van der Waals surface area contributed by atoms with Crippen LogP contribution < -0.4 is 5.56 Å². The summed E-state index contributed by atoms with van der Waals surface area (Å²) in [6.45, 7) is 1.85. The Morgan fingerprint density at radius 2 is 1.87 bits per heavy atom. The number of benzene rings is 2. The van der Waals surface area contributed by atoms with Gasteiger partial charge in [-0.15, -0.1) is 0 Å². The molecule has 30 heavy (non-hydrogen) atoms. The Hall–Kier alpha value is -4.58. The zero-order valence-electron chi connectivity index (χ0n) is 15.6. The van der Waals surface area contributed by atoms with Crippen molar-refractivity contribution in [2.45, 2.75) is 6.92 Å². The maximum Gasteiger partial charge on any atom is 0.357 e. The summed E-state index contributed by atoms with van der Waals surface area (Å²) in [5, 5.41) is 34.2. The van der Waals surface area contributed by atoms with Crippen molar-refractivity contribution in [2.24, 2.45) is 0 Å². The molecule has 0 fully saturated rings. The molecule has 1 N–H and O–H groups in total. The smallest absolute Gasteiger partial charge is 0.357 e. The number of hydrogen-bond acceptors (Lipinski definition) is 6. The van der Waals surface area contributed by atoms with E-state index in [1.807, 2.05) is 6.92 Å². The lowest BCUT2D eigenvalue weighted by Crippen LogP contribution is -2.28.